The molecule has 0 amide bonds. The first-order valence-corrected chi connectivity index (χ1v) is 8.58. The van der Waals surface area contributed by atoms with Crippen LogP contribution < -0.4 is 5.32 Å². The standard InChI is InChI=1S/C16H31N3/c1-2-17-14-5-7-15(8-6-14)19-12-9-16(13-19)18-10-3-4-11-18/h14-17H,2-13H2,1H3. The van der Waals surface area contributed by atoms with Crippen molar-refractivity contribution < 1.29 is 0 Å². The number of likely N-dealkylation sites (tertiary alicyclic amines) is 2. The molecule has 1 saturated carbocycles. The summed E-state index contributed by atoms with van der Waals surface area (Å²) >= 11 is 0. The Morgan fingerprint density at radius 3 is 2.26 bits per heavy atom. The third-order valence-electron chi connectivity index (χ3n) is 5.56. The molecule has 3 aliphatic rings. The van der Waals surface area contributed by atoms with Gasteiger partial charge >= 0.3 is 0 Å². The largest absolute Gasteiger partial charge is 0.314 e. The SMILES string of the molecule is CCNC1CCC(N2CCC(N3CCCC3)C2)CC1. The summed E-state index contributed by atoms with van der Waals surface area (Å²) < 4.78 is 0. The third-order valence-corrected chi connectivity index (χ3v) is 5.56. The number of hydrogen-bond donors (Lipinski definition) is 1. The summed E-state index contributed by atoms with van der Waals surface area (Å²) in [6.45, 7) is 8.81. The maximum absolute atomic E-state index is 3.62. The molecular weight excluding hydrogens is 234 g/mol. The van der Waals surface area contributed by atoms with E-state index in [1.54, 1.807) is 0 Å². The van der Waals surface area contributed by atoms with Crippen LogP contribution in [0.15, 0.2) is 0 Å². The van der Waals surface area contributed by atoms with Gasteiger partial charge in [0.1, 0.15) is 0 Å². The van der Waals surface area contributed by atoms with Crippen molar-refractivity contribution in [1.29, 1.82) is 0 Å². The summed E-state index contributed by atoms with van der Waals surface area (Å²) in [6, 6.07) is 2.58. The van der Waals surface area contributed by atoms with E-state index in [1.165, 1.54) is 71.1 Å². The van der Waals surface area contributed by atoms with Crippen LogP contribution >= 0.6 is 0 Å². The van der Waals surface area contributed by atoms with Crippen molar-refractivity contribution in [2.45, 2.75) is 70.0 Å². The smallest absolute Gasteiger partial charge is 0.0235 e. The lowest BCUT2D eigenvalue weighted by Gasteiger charge is -2.35. The quantitative estimate of drug-likeness (QED) is 0.839. The zero-order valence-electron chi connectivity index (χ0n) is 12.6. The Bertz CT molecular complexity index is 267. The van der Waals surface area contributed by atoms with E-state index in [2.05, 4.69) is 22.0 Å². The van der Waals surface area contributed by atoms with Gasteiger partial charge in [-0.25, -0.2) is 0 Å². The van der Waals surface area contributed by atoms with Crippen molar-refractivity contribution in [2.75, 3.05) is 32.7 Å². The fourth-order valence-corrected chi connectivity index (χ4v) is 4.44. The Morgan fingerprint density at radius 2 is 1.58 bits per heavy atom. The number of nitrogens with zero attached hydrogens (tertiary/aromatic N) is 2. The molecule has 0 spiro atoms. The molecular formula is C16H31N3. The van der Waals surface area contributed by atoms with Gasteiger partial charge in [0.2, 0.25) is 0 Å². The van der Waals surface area contributed by atoms with Gasteiger partial charge in [-0.05, 0) is 64.6 Å². The highest BCUT2D eigenvalue weighted by molar-refractivity contribution is 4.91. The van der Waals surface area contributed by atoms with Crippen molar-refractivity contribution in [3.05, 3.63) is 0 Å². The molecule has 19 heavy (non-hydrogen) atoms. The number of nitrogens with one attached hydrogen (secondary N) is 1. The second-order valence-corrected chi connectivity index (χ2v) is 6.74. The average molecular weight is 265 g/mol. The van der Waals surface area contributed by atoms with Crippen molar-refractivity contribution >= 4 is 0 Å². The Kier molecular flexibility index (Phi) is 4.78. The highest BCUT2D eigenvalue weighted by Crippen LogP contribution is 2.28. The van der Waals surface area contributed by atoms with E-state index in [-0.39, 0.29) is 0 Å². The molecule has 0 aromatic heterocycles. The second-order valence-electron chi connectivity index (χ2n) is 6.74. The Labute approximate surface area is 118 Å². The van der Waals surface area contributed by atoms with Crippen LogP contribution in [0.25, 0.3) is 0 Å². The first kappa shape index (κ1) is 13.8. The first-order chi connectivity index (χ1) is 9.36. The summed E-state index contributed by atoms with van der Waals surface area (Å²) in [4.78, 5) is 5.56. The predicted molar refractivity (Wildman–Crippen MR) is 80.5 cm³/mol. The van der Waals surface area contributed by atoms with Crippen molar-refractivity contribution in [3.63, 3.8) is 0 Å². The Morgan fingerprint density at radius 1 is 0.842 bits per heavy atom. The monoisotopic (exact) mass is 265 g/mol. The number of hydrogen-bond acceptors (Lipinski definition) is 3. The van der Waals surface area contributed by atoms with Crippen LogP contribution in [0.4, 0.5) is 0 Å². The molecule has 3 fully saturated rings. The average Bonchev–Trinajstić information content (AvgIpc) is 3.11. The zero-order chi connectivity index (χ0) is 13.1. The molecule has 1 unspecified atom stereocenters. The molecule has 1 aliphatic carbocycles. The normalized spacial score (nSPS) is 38.1. The lowest BCUT2D eigenvalue weighted by Crippen LogP contribution is -2.43. The van der Waals surface area contributed by atoms with E-state index >= 15 is 0 Å². The zero-order valence-corrected chi connectivity index (χ0v) is 12.6. The molecule has 2 saturated heterocycles. The molecule has 0 aromatic carbocycles. The maximum Gasteiger partial charge on any atom is 0.0235 e. The highest BCUT2D eigenvalue weighted by atomic mass is 15.3. The van der Waals surface area contributed by atoms with E-state index in [0.29, 0.717) is 0 Å². The van der Waals surface area contributed by atoms with Gasteiger partial charge in [-0.1, -0.05) is 6.92 Å². The van der Waals surface area contributed by atoms with Gasteiger partial charge in [-0.3, -0.25) is 9.80 Å². The fourth-order valence-electron chi connectivity index (χ4n) is 4.44. The van der Waals surface area contributed by atoms with E-state index in [1.807, 2.05) is 0 Å². The first-order valence-electron chi connectivity index (χ1n) is 8.58. The van der Waals surface area contributed by atoms with Crippen LogP contribution in [0.3, 0.4) is 0 Å². The lowest BCUT2D eigenvalue weighted by molar-refractivity contribution is 0.156. The minimum Gasteiger partial charge on any atom is -0.314 e. The van der Waals surface area contributed by atoms with Crippen molar-refractivity contribution in [3.8, 4) is 0 Å². The van der Waals surface area contributed by atoms with Crippen LogP contribution in [0.2, 0.25) is 0 Å². The topological polar surface area (TPSA) is 18.5 Å². The van der Waals surface area contributed by atoms with E-state index in [4.69, 9.17) is 0 Å². The second kappa shape index (κ2) is 6.55. The molecule has 0 radical (unpaired) electrons. The molecule has 1 atom stereocenters. The molecule has 110 valence electrons. The van der Waals surface area contributed by atoms with Crippen LogP contribution in [-0.2, 0) is 0 Å². The Balaban J connectivity index is 1.44. The molecule has 0 aromatic rings. The summed E-state index contributed by atoms with van der Waals surface area (Å²) in [5, 5.41) is 3.62. The predicted octanol–water partition coefficient (Wildman–Crippen LogP) is 2.08. The van der Waals surface area contributed by atoms with Crippen molar-refractivity contribution in [2.24, 2.45) is 0 Å². The van der Waals surface area contributed by atoms with E-state index in [0.717, 1.165) is 24.7 Å². The van der Waals surface area contributed by atoms with Crippen LogP contribution in [-0.4, -0.2) is 60.6 Å². The van der Waals surface area contributed by atoms with E-state index < -0.39 is 0 Å². The maximum atomic E-state index is 3.62. The van der Waals surface area contributed by atoms with Crippen LogP contribution in [0.5, 0.6) is 0 Å². The lowest BCUT2D eigenvalue weighted by atomic mass is 9.90. The van der Waals surface area contributed by atoms with E-state index in [9.17, 15) is 0 Å². The molecule has 2 heterocycles. The van der Waals surface area contributed by atoms with Crippen LogP contribution in [0, 0.1) is 0 Å². The minimum absolute atomic E-state index is 0.804. The van der Waals surface area contributed by atoms with Gasteiger partial charge in [-0.15, -0.1) is 0 Å². The third kappa shape index (κ3) is 3.32. The summed E-state index contributed by atoms with van der Waals surface area (Å²) in [7, 11) is 0. The van der Waals surface area contributed by atoms with Gasteiger partial charge in [0.15, 0.2) is 0 Å². The van der Waals surface area contributed by atoms with Gasteiger partial charge < -0.3 is 5.32 Å². The molecule has 2 aliphatic heterocycles. The summed E-state index contributed by atoms with van der Waals surface area (Å²) in [6.07, 6.45) is 9.92. The van der Waals surface area contributed by atoms with Gasteiger partial charge in [0, 0.05) is 31.2 Å². The highest BCUT2D eigenvalue weighted by Gasteiger charge is 2.34. The fraction of sp³-hybridized carbons (Fsp3) is 1.00. The number of rotatable bonds is 4. The summed E-state index contributed by atoms with van der Waals surface area (Å²) in [5.74, 6) is 0. The Hall–Kier alpha value is -0.120. The van der Waals surface area contributed by atoms with Gasteiger partial charge in [0.25, 0.3) is 0 Å². The molecule has 1 N–H and O–H groups in total. The van der Waals surface area contributed by atoms with Gasteiger partial charge in [0.05, 0.1) is 0 Å². The molecule has 3 rings (SSSR count). The van der Waals surface area contributed by atoms with Gasteiger partial charge in [-0.2, -0.15) is 0 Å². The molecule has 0 bridgehead atoms. The van der Waals surface area contributed by atoms with Crippen molar-refractivity contribution in [1.82, 2.24) is 15.1 Å². The van der Waals surface area contributed by atoms with Crippen LogP contribution in [0.1, 0.15) is 51.9 Å². The summed E-state index contributed by atoms with van der Waals surface area (Å²) in [5.41, 5.74) is 0. The molecule has 3 heteroatoms. The molecule has 3 nitrogen and oxygen atoms in total. The minimum atomic E-state index is 0.804.